The van der Waals surface area contributed by atoms with Crippen molar-refractivity contribution in [1.29, 1.82) is 0 Å². The van der Waals surface area contributed by atoms with Gasteiger partial charge in [-0.3, -0.25) is 4.98 Å². The predicted octanol–water partition coefficient (Wildman–Crippen LogP) is 4.01. The minimum absolute atomic E-state index is 0.920. The second-order valence-electron chi connectivity index (χ2n) is 4.45. The van der Waals surface area contributed by atoms with Gasteiger partial charge in [-0.2, -0.15) is 0 Å². The van der Waals surface area contributed by atoms with Crippen LogP contribution in [0.5, 0.6) is 0 Å². The van der Waals surface area contributed by atoms with Gasteiger partial charge in [0, 0.05) is 12.2 Å². The Labute approximate surface area is 113 Å². The van der Waals surface area contributed by atoms with Crippen LogP contribution in [0.15, 0.2) is 29.6 Å². The van der Waals surface area contributed by atoms with E-state index in [9.17, 15) is 0 Å². The number of aryl methyl sites for hydroxylation is 1. The van der Waals surface area contributed by atoms with E-state index in [1.54, 1.807) is 11.3 Å². The van der Waals surface area contributed by atoms with Crippen LogP contribution in [0, 0.1) is 6.92 Å². The summed E-state index contributed by atoms with van der Waals surface area (Å²) in [6, 6.07) is 8.49. The first kappa shape index (κ1) is 13.2. The molecule has 0 bridgehead atoms. The first-order valence-corrected chi connectivity index (χ1v) is 7.40. The zero-order chi connectivity index (χ0) is 12.8. The number of hydrogen-bond donors (Lipinski definition) is 1. The quantitative estimate of drug-likeness (QED) is 0.794. The van der Waals surface area contributed by atoms with Gasteiger partial charge < -0.3 is 5.32 Å². The van der Waals surface area contributed by atoms with Crippen LogP contribution in [-0.4, -0.2) is 11.5 Å². The third-order valence-corrected chi connectivity index (χ3v) is 3.88. The molecular formula is C15H20N2S. The summed E-state index contributed by atoms with van der Waals surface area (Å²) in [5, 5.41) is 5.55. The average molecular weight is 260 g/mol. The smallest absolute Gasteiger partial charge is 0.0805 e. The second kappa shape index (κ2) is 6.66. The Morgan fingerprint density at radius 3 is 2.83 bits per heavy atom. The van der Waals surface area contributed by atoms with Gasteiger partial charge in [-0.05, 0) is 43.0 Å². The summed E-state index contributed by atoms with van der Waals surface area (Å²) in [6.07, 6.45) is 2.47. The third-order valence-electron chi connectivity index (χ3n) is 2.99. The Morgan fingerprint density at radius 2 is 2.17 bits per heavy atom. The van der Waals surface area contributed by atoms with Crippen LogP contribution in [0.4, 0.5) is 0 Å². The first-order valence-electron chi connectivity index (χ1n) is 6.52. The highest BCUT2D eigenvalue weighted by Crippen LogP contribution is 2.23. The maximum absolute atomic E-state index is 4.68. The Morgan fingerprint density at radius 1 is 1.28 bits per heavy atom. The number of aromatic nitrogens is 1. The van der Waals surface area contributed by atoms with Gasteiger partial charge in [-0.25, -0.2) is 0 Å². The fourth-order valence-corrected chi connectivity index (χ4v) is 2.56. The van der Waals surface area contributed by atoms with Crippen molar-refractivity contribution in [2.24, 2.45) is 0 Å². The molecule has 0 saturated carbocycles. The van der Waals surface area contributed by atoms with Gasteiger partial charge in [0.05, 0.1) is 10.6 Å². The van der Waals surface area contributed by atoms with E-state index in [2.05, 4.69) is 53.8 Å². The Kier molecular flexibility index (Phi) is 4.90. The van der Waals surface area contributed by atoms with Crippen molar-refractivity contribution < 1.29 is 0 Å². The van der Waals surface area contributed by atoms with Crippen molar-refractivity contribution in [2.75, 3.05) is 6.54 Å². The topological polar surface area (TPSA) is 24.9 Å². The van der Waals surface area contributed by atoms with Crippen molar-refractivity contribution in [2.45, 2.75) is 33.2 Å². The molecule has 96 valence electrons. The molecule has 2 heterocycles. The van der Waals surface area contributed by atoms with Gasteiger partial charge in [0.1, 0.15) is 0 Å². The SMILES string of the molecule is CCCCNCc1ccc(-c2cccs2)nc1C. The summed E-state index contributed by atoms with van der Waals surface area (Å²) < 4.78 is 0. The number of unbranched alkanes of at least 4 members (excludes halogenated alkanes) is 1. The Bertz CT molecular complexity index is 477. The highest BCUT2D eigenvalue weighted by atomic mass is 32.1. The summed E-state index contributed by atoms with van der Waals surface area (Å²) in [4.78, 5) is 5.92. The normalized spacial score (nSPS) is 10.8. The minimum atomic E-state index is 0.920. The maximum atomic E-state index is 4.68. The summed E-state index contributed by atoms with van der Waals surface area (Å²) in [7, 11) is 0. The number of nitrogens with one attached hydrogen (secondary N) is 1. The summed E-state index contributed by atoms with van der Waals surface area (Å²) >= 11 is 1.74. The summed E-state index contributed by atoms with van der Waals surface area (Å²) in [6.45, 7) is 6.31. The molecule has 0 aromatic carbocycles. The van der Waals surface area contributed by atoms with Crippen LogP contribution in [0.2, 0.25) is 0 Å². The van der Waals surface area contributed by atoms with Gasteiger partial charge in [0.15, 0.2) is 0 Å². The number of hydrogen-bond acceptors (Lipinski definition) is 3. The van der Waals surface area contributed by atoms with E-state index in [0.717, 1.165) is 24.5 Å². The monoisotopic (exact) mass is 260 g/mol. The van der Waals surface area contributed by atoms with Gasteiger partial charge in [-0.1, -0.05) is 25.5 Å². The molecule has 0 saturated heterocycles. The molecule has 2 aromatic heterocycles. The van der Waals surface area contributed by atoms with Gasteiger partial charge >= 0.3 is 0 Å². The number of nitrogens with zero attached hydrogens (tertiary/aromatic N) is 1. The molecule has 2 nitrogen and oxygen atoms in total. The Balaban J connectivity index is 2.01. The molecule has 0 unspecified atom stereocenters. The van der Waals surface area contributed by atoms with Crippen molar-refractivity contribution >= 4 is 11.3 Å². The molecule has 2 aromatic rings. The highest BCUT2D eigenvalue weighted by molar-refractivity contribution is 7.13. The molecule has 0 aliphatic carbocycles. The second-order valence-corrected chi connectivity index (χ2v) is 5.40. The van der Waals surface area contributed by atoms with Crippen LogP contribution < -0.4 is 5.32 Å². The fraction of sp³-hybridized carbons (Fsp3) is 0.400. The summed E-state index contributed by atoms with van der Waals surface area (Å²) in [5.74, 6) is 0. The predicted molar refractivity (Wildman–Crippen MR) is 78.9 cm³/mol. The lowest BCUT2D eigenvalue weighted by Gasteiger charge is -2.08. The lowest BCUT2D eigenvalue weighted by molar-refractivity contribution is 0.638. The number of rotatable bonds is 6. The lowest BCUT2D eigenvalue weighted by atomic mass is 10.1. The van der Waals surface area contributed by atoms with E-state index in [1.807, 2.05) is 0 Å². The molecule has 0 aliphatic heterocycles. The number of pyridine rings is 1. The van der Waals surface area contributed by atoms with Crippen LogP contribution in [-0.2, 0) is 6.54 Å². The van der Waals surface area contributed by atoms with E-state index in [4.69, 9.17) is 0 Å². The van der Waals surface area contributed by atoms with Crippen LogP contribution in [0.1, 0.15) is 31.0 Å². The van der Waals surface area contributed by atoms with Gasteiger partial charge in [0.25, 0.3) is 0 Å². The third kappa shape index (κ3) is 3.40. The van der Waals surface area contributed by atoms with Crippen LogP contribution in [0.25, 0.3) is 10.6 Å². The van der Waals surface area contributed by atoms with Gasteiger partial charge in [0.2, 0.25) is 0 Å². The molecule has 0 fully saturated rings. The molecule has 2 rings (SSSR count). The fourth-order valence-electron chi connectivity index (χ4n) is 1.86. The largest absolute Gasteiger partial charge is 0.313 e. The van der Waals surface area contributed by atoms with Crippen LogP contribution >= 0.6 is 11.3 Å². The van der Waals surface area contributed by atoms with E-state index in [0.29, 0.717) is 0 Å². The van der Waals surface area contributed by atoms with Crippen molar-refractivity contribution in [3.05, 3.63) is 40.9 Å². The zero-order valence-corrected chi connectivity index (χ0v) is 11.9. The molecule has 18 heavy (non-hydrogen) atoms. The standard InChI is InChI=1S/C15H20N2S/c1-3-4-9-16-11-13-7-8-14(17-12(13)2)15-6-5-10-18-15/h5-8,10,16H,3-4,9,11H2,1-2H3. The van der Waals surface area contributed by atoms with Crippen LogP contribution in [0.3, 0.4) is 0 Å². The summed E-state index contributed by atoms with van der Waals surface area (Å²) in [5.41, 5.74) is 3.51. The number of thiophene rings is 1. The average Bonchev–Trinajstić information content (AvgIpc) is 2.90. The minimum Gasteiger partial charge on any atom is -0.313 e. The molecule has 1 N–H and O–H groups in total. The van der Waals surface area contributed by atoms with E-state index >= 15 is 0 Å². The zero-order valence-electron chi connectivity index (χ0n) is 11.1. The molecule has 0 radical (unpaired) electrons. The molecule has 0 aliphatic rings. The van der Waals surface area contributed by atoms with Crippen molar-refractivity contribution in [3.63, 3.8) is 0 Å². The van der Waals surface area contributed by atoms with E-state index in [1.165, 1.54) is 23.3 Å². The molecular weight excluding hydrogens is 240 g/mol. The molecule has 0 atom stereocenters. The first-order chi connectivity index (χ1) is 8.81. The van der Waals surface area contributed by atoms with E-state index < -0.39 is 0 Å². The highest BCUT2D eigenvalue weighted by Gasteiger charge is 2.04. The van der Waals surface area contributed by atoms with Crippen molar-refractivity contribution in [1.82, 2.24) is 10.3 Å². The lowest BCUT2D eigenvalue weighted by Crippen LogP contribution is -2.15. The molecule has 0 spiro atoms. The molecule has 3 heteroatoms. The molecule has 0 amide bonds. The van der Waals surface area contributed by atoms with Crippen molar-refractivity contribution in [3.8, 4) is 10.6 Å². The van der Waals surface area contributed by atoms with E-state index in [-0.39, 0.29) is 0 Å². The van der Waals surface area contributed by atoms with Gasteiger partial charge in [-0.15, -0.1) is 11.3 Å². The maximum Gasteiger partial charge on any atom is 0.0805 e. The Hall–Kier alpha value is -1.19.